The van der Waals surface area contributed by atoms with Crippen LogP contribution in [0.25, 0.3) is 0 Å². The van der Waals surface area contributed by atoms with Gasteiger partial charge in [-0.3, -0.25) is 4.79 Å². The number of hydrogen-bond donors (Lipinski definition) is 2. The fourth-order valence-electron chi connectivity index (χ4n) is 11.0. The lowest BCUT2D eigenvalue weighted by Gasteiger charge is -2.74. The van der Waals surface area contributed by atoms with E-state index in [1.165, 1.54) is 12.0 Å². The molecule has 8 atom stereocenters. The van der Waals surface area contributed by atoms with Gasteiger partial charge >= 0.3 is 5.97 Å². The van der Waals surface area contributed by atoms with Gasteiger partial charge in [0, 0.05) is 17.3 Å². The van der Waals surface area contributed by atoms with E-state index < -0.39 is 17.2 Å². The van der Waals surface area contributed by atoms with Crippen LogP contribution in [-0.2, 0) is 9.53 Å². The number of ether oxygens (including phenoxy) is 1. The van der Waals surface area contributed by atoms with Gasteiger partial charge < -0.3 is 14.9 Å². The van der Waals surface area contributed by atoms with Gasteiger partial charge in [-0.15, -0.1) is 0 Å². The molecule has 6 fully saturated rings. The van der Waals surface area contributed by atoms with Gasteiger partial charge in [0.15, 0.2) is 5.79 Å². The minimum atomic E-state index is -0.980. The summed E-state index contributed by atoms with van der Waals surface area (Å²) in [4.78, 5) is 12.8. The molecule has 2 N–H and O–H groups in total. The number of hydrogen-bond acceptors (Lipinski definition) is 3. The van der Waals surface area contributed by atoms with Gasteiger partial charge in [-0.2, -0.15) is 0 Å². The van der Waals surface area contributed by atoms with Crippen LogP contribution in [-0.4, -0.2) is 28.6 Å². The zero-order valence-electron chi connectivity index (χ0n) is 22.3. The molecule has 0 amide bonds. The molecule has 0 aromatic carbocycles. The van der Waals surface area contributed by atoms with E-state index >= 15 is 0 Å². The van der Waals surface area contributed by atoms with E-state index in [9.17, 15) is 15.0 Å². The van der Waals surface area contributed by atoms with Crippen molar-refractivity contribution in [3.63, 3.8) is 0 Å². The van der Waals surface area contributed by atoms with Crippen molar-refractivity contribution in [1.82, 2.24) is 0 Å². The summed E-state index contributed by atoms with van der Waals surface area (Å²) in [5.41, 5.74) is 1.20. The molecular formula is C30H46O4. The Balaban J connectivity index is 1.46. The zero-order chi connectivity index (χ0) is 24.6. The number of rotatable bonds is 1. The molecule has 1 unspecified atom stereocenters. The molecule has 2 bridgehead atoms. The highest BCUT2D eigenvalue weighted by atomic mass is 16.6. The fraction of sp³-hybridized carbons (Fsp3) is 0.900. The molecule has 2 saturated heterocycles. The summed E-state index contributed by atoms with van der Waals surface area (Å²) >= 11 is 0. The molecule has 7 aliphatic rings. The van der Waals surface area contributed by atoms with Crippen molar-refractivity contribution in [2.24, 2.45) is 50.2 Å². The van der Waals surface area contributed by atoms with Gasteiger partial charge in [-0.05, 0) is 91.8 Å². The largest absolute Gasteiger partial charge is 0.481 e. The molecule has 0 radical (unpaired) electrons. The second-order valence-electron chi connectivity index (χ2n) is 15.2. The van der Waals surface area contributed by atoms with Crippen LogP contribution < -0.4 is 0 Å². The van der Waals surface area contributed by atoms with Crippen LogP contribution in [0.15, 0.2) is 11.6 Å². The third-order valence-electron chi connectivity index (χ3n) is 13.5. The van der Waals surface area contributed by atoms with Gasteiger partial charge in [-0.1, -0.05) is 53.2 Å². The average Bonchev–Trinajstić information content (AvgIpc) is 2.75. The molecule has 190 valence electrons. The van der Waals surface area contributed by atoms with Gasteiger partial charge in [0.25, 0.3) is 0 Å². The van der Waals surface area contributed by atoms with Crippen molar-refractivity contribution in [2.45, 2.75) is 112 Å². The molecule has 4 nitrogen and oxygen atoms in total. The topological polar surface area (TPSA) is 66.8 Å². The number of carboxylic acid groups (broad SMARTS) is 1. The van der Waals surface area contributed by atoms with Crippen LogP contribution in [0.2, 0.25) is 0 Å². The average molecular weight is 471 g/mol. The maximum atomic E-state index is 12.8. The van der Waals surface area contributed by atoms with Crippen LogP contribution in [0.5, 0.6) is 0 Å². The maximum Gasteiger partial charge on any atom is 0.310 e. The first kappa shape index (κ1) is 23.5. The Morgan fingerprint density at radius 1 is 0.941 bits per heavy atom. The minimum Gasteiger partial charge on any atom is -0.481 e. The number of aliphatic carboxylic acids is 1. The minimum absolute atomic E-state index is 0.0437. The van der Waals surface area contributed by atoms with Crippen LogP contribution in [0, 0.1) is 50.2 Å². The maximum absolute atomic E-state index is 12.8. The Bertz CT molecular complexity index is 953. The number of aliphatic hydroxyl groups is 1. The predicted molar refractivity (Wildman–Crippen MR) is 132 cm³/mol. The lowest BCUT2D eigenvalue weighted by molar-refractivity contribution is -0.395. The Kier molecular flexibility index (Phi) is 4.51. The second-order valence-corrected chi connectivity index (χ2v) is 15.2. The van der Waals surface area contributed by atoms with Crippen molar-refractivity contribution in [2.75, 3.05) is 6.61 Å². The Labute approximate surface area is 205 Å². The standard InChI is InChI=1S/C30H46O4/c1-24(2)11-13-28(23(31)32)14-12-26(5)19(20(28)17-24)7-8-22-27(26,6)10-9-21-25(3,4)30(33)16-15-29(21,22)18-34-30/h7,20-22,33H,8-18H2,1-6H3,(H,31,32)/t20-,21-,22-,26+,27+,28-,29?,30+/m0/s1. The fourth-order valence-corrected chi connectivity index (χ4v) is 11.0. The van der Waals surface area contributed by atoms with E-state index in [4.69, 9.17) is 4.74 Å². The highest BCUT2D eigenvalue weighted by molar-refractivity contribution is 5.76. The van der Waals surface area contributed by atoms with Crippen molar-refractivity contribution >= 4 is 5.97 Å². The van der Waals surface area contributed by atoms with Crippen LogP contribution in [0.3, 0.4) is 0 Å². The molecule has 7 rings (SSSR count). The molecule has 0 aromatic rings. The molecule has 0 aromatic heterocycles. The van der Waals surface area contributed by atoms with Crippen molar-refractivity contribution in [3.8, 4) is 0 Å². The Hall–Kier alpha value is -0.870. The molecule has 4 saturated carbocycles. The quantitative estimate of drug-likeness (QED) is 0.425. The second kappa shape index (κ2) is 6.52. The third-order valence-corrected chi connectivity index (χ3v) is 13.5. The summed E-state index contributed by atoms with van der Waals surface area (Å²) in [5, 5.41) is 21.9. The number of fused-ring (bicyclic) bond motifs is 7. The van der Waals surface area contributed by atoms with E-state index in [2.05, 4.69) is 47.6 Å². The van der Waals surface area contributed by atoms with Crippen molar-refractivity contribution in [1.29, 1.82) is 0 Å². The summed E-state index contributed by atoms with van der Waals surface area (Å²) in [6.45, 7) is 14.9. The number of carboxylic acids is 1. The highest BCUT2D eigenvalue weighted by Crippen LogP contribution is 2.77. The Morgan fingerprint density at radius 2 is 1.65 bits per heavy atom. The lowest BCUT2D eigenvalue weighted by atomic mass is 9.32. The van der Waals surface area contributed by atoms with Gasteiger partial charge in [0.2, 0.25) is 0 Å². The molecule has 34 heavy (non-hydrogen) atoms. The smallest absolute Gasteiger partial charge is 0.310 e. The SMILES string of the molecule is CC1(C)CC[C@]2(C(=O)O)CC[C@]3(C)C(=CC[C@@H]4C56CC[C@@](O)(OC5)C(C)(C)[C@@H]6CC[C@]43C)[C@@H]2C1. The number of carbonyl (C=O) groups is 1. The van der Waals surface area contributed by atoms with E-state index in [1.54, 1.807) is 0 Å². The highest BCUT2D eigenvalue weighted by Gasteiger charge is 2.74. The monoisotopic (exact) mass is 470 g/mol. The van der Waals surface area contributed by atoms with Gasteiger partial charge in [0.05, 0.1) is 12.0 Å². The lowest BCUT2D eigenvalue weighted by Crippen LogP contribution is -2.73. The zero-order valence-corrected chi connectivity index (χ0v) is 22.3. The van der Waals surface area contributed by atoms with Crippen LogP contribution in [0.1, 0.15) is 106 Å². The summed E-state index contributed by atoms with van der Waals surface area (Å²) in [7, 11) is 0. The number of allylic oxidation sites excluding steroid dienone is 2. The van der Waals surface area contributed by atoms with Crippen LogP contribution >= 0.6 is 0 Å². The summed E-state index contributed by atoms with van der Waals surface area (Å²) < 4.78 is 6.32. The van der Waals surface area contributed by atoms with E-state index in [1.807, 2.05) is 0 Å². The van der Waals surface area contributed by atoms with Gasteiger partial charge in [0.1, 0.15) is 0 Å². The van der Waals surface area contributed by atoms with E-state index in [0.29, 0.717) is 18.4 Å². The summed E-state index contributed by atoms with van der Waals surface area (Å²) in [6, 6.07) is 0. The molecule has 2 heterocycles. The first-order valence-corrected chi connectivity index (χ1v) is 14.0. The molecule has 2 aliphatic heterocycles. The first-order chi connectivity index (χ1) is 15.7. The molecule has 5 aliphatic carbocycles. The first-order valence-electron chi connectivity index (χ1n) is 14.0. The van der Waals surface area contributed by atoms with Crippen molar-refractivity contribution in [3.05, 3.63) is 11.6 Å². The molecule has 4 heteroatoms. The van der Waals surface area contributed by atoms with E-state index in [-0.39, 0.29) is 33.0 Å². The molecular weight excluding hydrogens is 424 g/mol. The third kappa shape index (κ3) is 2.46. The van der Waals surface area contributed by atoms with Crippen LogP contribution in [0.4, 0.5) is 0 Å². The van der Waals surface area contributed by atoms with Crippen molar-refractivity contribution < 1.29 is 19.7 Å². The normalized spacial score (nSPS) is 54.7. The Morgan fingerprint density at radius 3 is 2.29 bits per heavy atom. The predicted octanol–water partition coefficient (Wildman–Crippen LogP) is 6.57. The summed E-state index contributed by atoms with van der Waals surface area (Å²) in [5.74, 6) is -0.354. The summed E-state index contributed by atoms with van der Waals surface area (Å²) in [6.07, 6.45) is 12.3. The van der Waals surface area contributed by atoms with Gasteiger partial charge in [-0.25, -0.2) is 0 Å². The molecule has 1 spiro atoms. The van der Waals surface area contributed by atoms with E-state index in [0.717, 1.165) is 57.8 Å².